The zero-order valence-corrected chi connectivity index (χ0v) is 12.1. The van der Waals surface area contributed by atoms with Gasteiger partial charge in [0.1, 0.15) is 0 Å². The molecule has 96 valence electrons. The average Bonchev–Trinajstić information content (AvgIpc) is 3.01. The number of benzene rings is 1. The third-order valence-corrected chi connectivity index (χ3v) is 5.78. The number of thiazole rings is 1. The smallest absolute Gasteiger partial charge is 0.180 e. The zero-order valence-electron chi connectivity index (χ0n) is 10.4. The molecule has 1 aliphatic rings. The summed E-state index contributed by atoms with van der Waals surface area (Å²) in [5, 5.41) is 4.23. The molecule has 2 nitrogen and oxygen atoms in total. The molecule has 1 atom stereocenters. The van der Waals surface area contributed by atoms with Crippen LogP contribution >= 0.6 is 22.7 Å². The topological polar surface area (TPSA) is 38.9 Å². The Morgan fingerprint density at radius 1 is 1.26 bits per heavy atom. The van der Waals surface area contributed by atoms with Crippen molar-refractivity contribution in [3.63, 3.8) is 0 Å². The minimum Gasteiger partial charge on any atom is -0.375 e. The molecule has 2 N–H and O–H groups in total. The highest BCUT2D eigenvalue weighted by Crippen LogP contribution is 2.41. The Balaban J connectivity index is 1.83. The fourth-order valence-electron chi connectivity index (χ4n) is 2.96. The number of anilines is 1. The van der Waals surface area contributed by atoms with Gasteiger partial charge < -0.3 is 5.73 Å². The summed E-state index contributed by atoms with van der Waals surface area (Å²) in [6.45, 7) is 0. The summed E-state index contributed by atoms with van der Waals surface area (Å²) in [6, 6.07) is 9.05. The van der Waals surface area contributed by atoms with Crippen LogP contribution in [0, 0.1) is 0 Å². The van der Waals surface area contributed by atoms with Crippen molar-refractivity contribution in [3.05, 3.63) is 45.8 Å². The first-order valence-corrected chi connectivity index (χ1v) is 8.23. The molecule has 0 spiro atoms. The highest BCUT2D eigenvalue weighted by molar-refractivity contribution is 7.17. The zero-order chi connectivity index (χ0) is 12.8. The molecule has 0 saturated carbocycles. The number of fused-ring (bicyclic) bond motifs is 2. The molecule has 0 aliphatic heterocycles. The van der Waals surface area contributed by atoms with Gasteiger partial charge in [-0.15, -0.1) is 22.7 Å². The lowest BCUT2D eigenvalue weighted by atomic mass is 9.86. The molecule has 1 aromatic carbocycles. The summed E-state index contributed by atoms with van der Waals surface area (Å²) >= 11 is 3.47. The number of nitrogen functional groups attached to an aromatic ring is 1. The predicted octanol–water partition coefficient (Wildman–Crippen LogP) is 4.41. The van der Waals surface area contributed by atoms with Gasteiger partial charge >= 0.3 is 0 Å². The molecule has 0 fully saturated rings. The van der Waals surface area contributed by atoms with Gasteiger partial charge in [0.2, 0.25) is 0 Å². The van der Waals surface area contributed by atoms with Crippen molar-refractivity contribution in [2.75, 3.05) is 5.73 Å². The fraction of sp³-hybridized carbons (Fsp3) is 0.267. The van der Waals surface area contributed by atoms with Gasteiger partial charge in [0.15, 0.2) is 5.13 Å². The van der Waals surface area contributed by atoms with E-state index in [2.05, 4.69) is 34.6 Å². The van der Waals surface area contributed by atoms with E-state index in [0.717, 1.165) is 6.42 Å². The Morgan fingerprint density at radius 3 is 3.16 bits per heavy atom. The molecule has 0 bridgehead atoms. The van der Waals surface area contributed by atoms with E-state index in [-0.39, 0.29) is 0 Å². The van der Waals surface area contributed by atoms with Gasteiger partial charge in [-0.25, -0.2) is 4.98 Å². The molecular formula is C15H14N2S2. The summed E-state index contributed by atoms with van der Waals surface area (Å²) < 4.78 is 1.36. The molecular weight excluding hydrogens is 272 g/mol. The molecule has 4 rings (SSSR count). The number of aryl methyl sites for hydroxylation is 1. The summed E-state index contributed by atoms with van der Waals surface area (Å²) in [7, 11) is 0. The van der Waals surface area contributed by atoms with Gasteiger partial charge in [0.05, 0.1) is 5.69 Å². The molecule has 3 aromatic rings. The SMILES string of the molecule is Nc1nc2c(s1)C(c1ccc3sccc3c1)CCC2. The number of hydrogen-bond acceptors (Lipinski definition) is 4. The highest BCUT2D eigenvalue weighted by Gasteiger charge is 2.25. The van der Waals surface area contributed by atoms with Gasteiger partial charge in [-0.1, -0.05) is 6.07 Å². The molecule has 4 heteroatoms. The number of nitrogens with zero attached hydrogens (tertiary/aromatic N) is 1. The van der Waals surface area contributed by atoms with Crippen molar-refractivity contribution in [1.82, 2.24) is 4.98 Å². The van der Waals surface area contributed by atoms with Crippen molar-refractivity contribution in [3.8, 4) is 0 Å². The van der Waals surface area contributed by atoms with E-state index in [1.807, 2.05) is 0 Å². The van der Waals surface area contributed by atoms with E-state index in [1.165, 1.54) is 39.1 Å². The lowest BCUT2D eigenvalue weighted by molar-refractivity contribution is 0.618. The first-order chi connectivity index (χ1) is 9.31. The first-order valence-electron chi connectivity index (χ1n) is 6.53. The molecule has 19 heavy (non-hydrogen) atoms. The maximum absolute atomic E-state index is 5.88. The third-order valence-electron chi connectivity index (χ3n) is 3.85. The van der Waals surface area contributed by atoms with Gasteiger partial charge in [0.25, 0.3) is 0 Å². The average molecular weight is 286 g/mol. The summed E-state index contributed by atoms with van der Waals surface area (Å²) in [6.07, 6.45) is 3.51. The van der Waals surface area contributed by atoms with Crippen molar-refractivity contribution < 1.29 is 0 Å². The molecule has 2 heterocycles. The van der Waals surface area contributed by atoms with Crippen LogP contribution in [0.4, 0.5) is 5.13 Å². The minimum absolute atomic E-state index is 0.489. The second-order valence-electron chi connectivity index (χ2n) is 5.03. The monoisotopic (exact) mass is 286 g/mol. The van der Waals surface area contributed by atoms with E-state index < -0.39 is 0 Å². The molecule has 0 radical (unpaired) electrons. The van der Waals surface area contributed by atoms with Crippen molar-refractivity contribution in [2.24, 2.45) is 0 Å². The molecule has 2 aromatic heterocycles. The Labute approximate surface area is 119 Å². The maximum atomic E-state index is 5.88. The Bertz CT molecular complexity index is 742. The normalized spacial score (nSPS) is 18.6. The van der Waals surface area contributed by atoms with Crippen LogP contribution < -0.4 is 5.73 Å². The van der Waals surface area contributed by atoms with E-state index in [4.69, 9.17) is 5.73 Å². The minimum atomic E-state index is 0.489. The van der Waals surface area contributed by atoms with Crippen LogP contribution in [0.5, 0.6) is 0 Å². The van der Waals surface area contributed by atoms with Crippen LogP contribution in [-0.4, -0.2) is 4.98 Å². The van der Waals surface area contributed by atoms with Crippen molar-refractivity contribution in [2.45, 2.75) is 25.2 Å². The second-order valence-corrected chi connectivity index (χ2v) is 7.04. The number of thiophene rings is 1. The van der Waals surface area contributed by atoms with Crippen LogP contribution in [0.15, 0.2) is 29.6 Å². The first kappa shape index (κ1) is 11.4. The van der Waals surface area contributed by atoms with Crippen LogP contribution in [-0.2, 0) is 6.42 Å². The van der Waals surface area contributed by atoms with Gasteiger partial charge in [-0.3, -0.25) is 0 Å². The number of aromatic nitrogens is 1. The largest absolute Gasteiger partial charge is 0.375 e. The summed E-state index contributed by atoms with van der Waals surface area (Å²) in [5.41, 5.74) is 8.52. The maximum Gasteiger partial charge on any atom is 0.180 e. The quantitative estimate of drug-likeness (QED) is 0.719. The molecule has 0 saturated heterocycles. The van der Waals surface area contributed by atoms with Crippen LogP contribution in [0.2, 0.25) is 0 Å². The Morgan fingerprint density at radius 2 is 2.21 bits per heavy atom. The standard InChI is InChI=1S/C15H14N2S2/c16-15-17-12-3-1-2-11(14(12)19-15)9-4-5-13-10(8-9)6-7-18-13/h4-8,11H,1-3H2,(H2,16,17). The Kier molecular flexibility index (Phi) is 2.60. The third kappa shape index (κ3) is 1.86. The van der Waals surface area contributed by atoms with E-state index in [9.17, 15) is 0 Å². The van der Waals surface area contributed by atoms with Gasteiger partial charge in [-0.05, 0) is 53.8 Å². The van der Waals surface area contributed by atoms with E-state index in [1.54, 1.807) is 22.7 Å². The lowest BCUT2D eigenvalue weighted by Gasteiger charge is -2.21. The van der Waals surface area contributed by atoms with E-state index >= 15 is 0 Å². The molecule has 0 amide bonds. The predicted molar refractivity (Wildman–Crippen MR) is 83.1 cm³/mol. The summed E-state index contributed by atoms with van der Waals surface area (Å²) in [4.78, 5) is 5.86. The van der Waals surface area contributed by atoms with Crippen LogP contribution in [0.1, 0.15) is 34.9 Å². The van der Waals surface area contributed by atoms with Crippen molar-refractivity contribution in [1.29, 1.82) is 0 Å². The van der Waals surface area contributed by atoms with Gasteiger partial charge in [0, 0.05) is 15.5 Å². The highest BCUT2D eigenvalue weighted by atomic mass is 32.1. The number of rotatable bonds is 1. The Hall–Kier alpha value is -1.39. The second kappa shape index (κ2) is 4.32. The van der Waals surface area contributed by atoms with E-state index in [0.29, 0.717) is 11.0 Å². The lowest BCUT2D eigenvalue weighted by Crippen LogP contribution is -2.08. The fourth-order valence-corrected chi connectivity index (χ4v) is 4.77. The molecule has 1 aliphatic carbocycles. The summed E-state index contributed by atoms with van der Waals surface area (Å²) in [5.74, 6) is 0.489. The molecule has 1 unspecified atom stereocenters. The number of hydrogen-bond donors (Lipinski definition) is 1. The number of nitrogens with two attached hydrogens (primary N) is 1. The van der Waals surface area contributed by atoms with Crippen LogP contribution in [0.25, 0.3) is 10.1 Å². The van der Waals surface area contributed by atoms with Crippen LogP contribution in [0.3, 0.4) is 0 Å². The van der Waals surface area contributed by atoms with Gasteiger partial charge in [-0.2, -0.15) is 0 Å². The van der Waals surface area contributed by atoms with Crippen molar-refractivity contribution >= 4 is 37.9 Å².